The third kappa shape index (κ3) is 1.88. The smallest absolute Gasteiger partial charge is 0.303 e. The van der Waals surface area contributed by atoms with Crippen molar-refractivity contribution in [2.24, 2.45) is 34.8 Å². The van der Waals surface area contributed by atoms with E-state index in [9.17, 15) is 4.79 Å². The average molecular weight is 237 g/mol. The van der Waals surface area contributed by atoms with Gasteiger partial charge in [-0.3, -0.25) is 4.79 Å². The molecule has 0 radical (unpaired) electrons. The van der Waals surface area contributed by atoms with Crippen molar-refractivity contribution in [3.8, 4) is 0 Å². The molecule has 1 atom stereocenters. The van der Waals surface area contributed by atoms with Gasteiger partial charge >= 0.3 is 5.97 Å². The maximum atomic E-state index is 11.0. The maximum Gasteiger partial charge on any atom is 0.303 e. The maximum absolute atomic E-state index is 11.0. The van der Waals surface area contributed by atoms with Crippen molar-refractivity contribution >= 4 is 5.97 Å². The number of carboxylic acids is 1. The highest BCUT2D eigenvalue weighted by Gasteiger charge is 2.53. The molecular weight excluding hydrogens is 214 g/mol. The predicted octanol–water partition coefficient (Wildman–Crippen LogP) is 2.25. The van der Waals surface area contributed by atoms with E-state index in [2.05, 4.69) is 0 Å². The first-order valence-corrected chi connectivity index (χ1v) is 7.03. The van der Waals surface area contributed by atoms with Gasteiger partial charge in [0.2, 0.25) is 0 Å². The summed E-state index contributed by atoms with van der Waals surface area (Å²) in [6.07, 6.45) is 8.27. The largest absolute Gasteiger partial charge is 0.481 e. The van der Waals surface area contributed by atoms with E-state index in [1.54, 1.807) is 0 Å². The Balaban J connectivity index is 1.82. The lowest BCUT2D eigenvalue weighted by molar-refractivity contribution is -0.143. The summed E-state index contributed by atoms with van der Waals surface area (Å²) in [5, 5.41) is 9.06. The van der Waals surface area contributed by atoms with Crippen LogP contribution in [-0.2, 0) is 4.79 Å². The molecule has 3 nitrogen and oxygen atoms in total. The molecule has 0 saturated heterocycles. The highest BCUT2D eigenvalue weighted by atomic mass is 16.4. The zero-order chi connectivity index (χ0) is 12.0. The average Bonchev–Trinajstić information content (AvgIpc) is 2.23. The van der Waals surface area contributed by atoms with E-state index < -0.39 is 5.97 Å². The number of hydrogen-bond acceptors (Lipinski definition) is 2. The number of aliphatic carboxylic acids is 1. The van der Waals surface area contributed by atoms with Crippen LogP contribution in [0.1, 0.15) is 44.9 Å². The summed E-state index contributed by atoms with van der Waals surface area (Å²) in [4.78, 5) is 11.0. The van der Waals surface area contributed by atoms with Crippen LogP contribution in [0.5, 0.6) is 0 Å². The van der Waals surface area contributed by atoms with Gasteiger partial charge in [-0.15, -0.1) is 0 Å². The van der Waals surface area contributed by atoms with Crippen molar-refractivity contribution in [3.63, 3.8) is 0 Å². The van der Waals surface area contributed by atoms with E-state index in [1.807, 2.05) is 0 Å². The van der Waals surface area contributed by atoms with Gasteiger partial charge in [0.15, 0.2) is 0 Å². The second-order valence-corrected chi connectivity index (χ2v) is 6.81. The van der Waals surface area contributed by atoms with Crippen LogP contribution in [0.25, 0.3) is 0 Å². The van der Waals surface area contributed by atoms with Crippen molar-refractivity contribution in [2.75, 3.05) is 6.54 Å². The second kappa shape index (κ2) is 3.98. The molecule has 4 bridgehead atoms. The molecule has 0 aromatic rings. The Kier molecular flexibility index (Phi) is 2.69. The minimum absolute atomic E-state index is 0.216. The fraction of sp³-hybridized carbons (Fsp3) is 0.929. The molecule has 17 heavy (non-hydrogen) atoms. The number of carbonyl (C=O) groups is 1. The van der Waals surface area contributed by atoms with Crippen LogP contribution < -0.4 is 5.73 Å². The molecule has 4 rings (SSSR count). The summed E-state index contributed by atoms with van der Waals surface area (Å²) < 4.78 is 0. The first-order valence-electron chi connectivity index (χ1n) is 7.03. The number of carboxylic acid groups (broad SMARTS) is 1. The van der Waals surface area contributed by atoms with E-state index >= 15 is 0 Å². The van der Waals surface area contributed by atoms with Gasteiger partial charge in [0.1, 0.15) is 0 Å². The van der Waals surface area contributed by atoms with E-state index in [-0.39, 0.29) is 12.3 Å². The molecule has 0 aromatic heterocycles. The van der Waals surface area contributed by atoms with Crippen molar-refractivity contribution in [1.29, 1.82) is 0 Å². The van der Waals surface area contributed by atoms with Gasteiger partial charge in [0.25, 0.3) is 0 Å². The van der Waals surface area contributed by atoms with Crippen molar-refractivity contribution in [1.82, 2.24) is 0 Å². The predicted molar refractivity (Wildman–Crippen MR) is 65.4 cm³/mol. The van der Waals surface area contributed by atoms with Gasteiger partial charge in [-0.05, 0) is 74.2 Å². The van der Waals surface area contributed by atoms with Gasteiger partial charge in [-0.2, -0.15) is 0 Å². The summed E-state index contributed by atoms with van der Waals surface area (Å²) >= 11 is 0. The first kappa shape index (κ1) is 11.5. The lowest BCUT2D eigenvalue weighted by Gasteiger charge is -2.59. The quantitative estimate of drug-likeness (QED) is 0.788. The highest BCUT2D eigenvalue weighted by molar-refractivity contribution is 5.67. The van der Waals surface area contributed by atoms with Crippen LogP contribution in [0.4, 0.5) is 0 Å². The fourth-order valence-corrected chi connectivity index (χ4v) is 5.44. The third-order valence-electron chi connectivity index (χ3n) is 5.66. The molecule has 4 fully saturated rings. The van der Waals surface area contributed by atoms with Crippen LogP contribution >= 0.6 is 0 Å². The normalized spacial score (nSPS) is 44.9. The second-order valence-electron chi connectivity index (χ2n) is 6.81. The molecule has 4 aliphatic carbocycles. The SMILES string of the molecule is NCC(CC(=O)O)C12CC3CC(CC(C3)C1)C2. The molecule has 3 N–H and O–H groups in total. The summed E-state index contributed by atoms with van der Waals surface area (Å²) in [5.74, 6) is 2.18. The molecule has 0 spiro atoms. The van der Waals surface area contributed by atoms with Gasteiger partial charge in [0, 0.05) is 6.42 Å². The Morgan fingerprint density at radius 3 is 2.00 bits per heavy atom. The fourth-order valence-electron chi connectivity index (χ4n) is 5.44. The van der Waals surface area contributed by atoms with Gasteiger partial charge in [0.05, 0.1) is 0 Å². The molecule has 0 heterocycles. The molecule has 0 aliphatic heterocycles. The van der Waals surface area contributed by atoms with Crippen LogP contribution in [-0.4, -0.2) is 17.6 Å². The van der Waals surface area contributed by atoms with Gasteiger partial charge in [-0.25, -0.2) is 0 Å². The van der Waals surface area contributed by atoms with E-state index in [0.717, 1.165) is 17.8 Å². The topological polar surface area (TPSA) is 63.3 Å². The molecular formula is C14H23NO2. The first-order chi connectivity index (χ1) is 8.11. The molecule has 1 unspecified atom stereocenters. The minimum Gasteiger partial charge on any atom is -0.481 e. The van der Waals surface area contributed by atoms with E-state index in [1.165, 1.54) is 38.5 Å². The molecule has 4 saturated carbocycles. The standard InChI is InChI=1S/C14H23NO2/c15-8-12(4-13(16)17)14-5-9-1-10(6-14)3-11(2-9)7-14/h9-12H,1-8,15H2,(H,16,17). The van der Waals surface area contributed by atoms with Crippen molar-refractivity contribution in [2.45, 2.75) is 44.9 Å². The summed E-state index contributed by atoms with van der Waals surface area (Å²) in [5.41, 5.74) is 6.17. The number of nitrogens with two attached hydrogens (primary N) is 1. The molecule has 3 heteroatoms. The minimum atomic E-state index is -0.670. The van der Waals surface area contributed by atoms with Crippen LogP contribution in [0.3, 0.4) is 0 Å². The van der Waals surface area contributed by atoms with E-state index in [0.29, 0.717) is 12.0 Å². The molecule has 0 amide bonds. The van der Waals surface area contributed by atoms with Gasteiger partial charge < -0.3 is 10.8 Å². The summed E-state index contributed by atoms with van der Waals surface area (Å²) in [6.45, 7) is 0.554. The Morgan fingerprint density at radius 1 is 1.18 bits per heavy atom. The Bertz CT molecular complexity index is 291. The molecule has 96 valence electrons. The molecule has 0 aromatic carbocycles. The van der Waals surface area contributed by atoms with Crippen molar-refractivity contribution in [3.05, 3.63) is 0 Å². The summed E-state index contributed by atoms with van der Waals surface area (Å²) in [6, 6.07) is 0. The lowest BCUT2D eigenvalue weighted by atomic mass is 9.46. The van der Waals surface area contributed by atoms with Crippen LogP contribution in [0.15, 0.2) is 0 Å². The van der Waals surface area contributed by atoms with Gasteiger partial charge in [-0.1, -0.05) is 0 Å². The lowest BCUT2D eigenvalue weighted by Crippen LogP contribution is -2.51. The monoisotopic (exact) mass is 237 g/mol. The molecule has 4 aliphatic rings. The Labute approximate surface area is 103 Å². The third-order valence-corrected chi connectivity index (χ3v) is 5.66. The van der Waals surface area contributed by atoms with Crippen LogP contribution in [0, 0.1) is 29.1 Å². The highest BCUT2D eigenvalue weighted by Crippen LogP contribution is 2.63. The van der Waals surface area contributed by atoms with E-state index in [4.69, 9.17) is 10.8 Å². The zero-order valence-electron chi connectivity index (χ0n) is 10.4. The van der Waals surface area contributed by atoms with Crippen LogP contribution in [0.2, 0.25) is 0 Å². The van der Waals surface area contributed by atoms with Crippen molar-refractivity contribution < 1.29 is 9.90 Å². The Hall–Kier alpha value is -0.570. The number of rotatable bonds is 4. The summed E-state index contributed by atoms with van der Waals surface area (Å²) in [7, 11) is 0. The Morgan fingerprint density at radius 2 is 1.65 bits per heavy atom. The number of hydrogen-bond donors (Lipinski definition) is 2. The zero-order valence-corrected chi connectivity index (χ0v) is 10.4.